The van der Waals surface area contributed by atoms with Gasteiger partial charge in [-0.3, -0.25) is 0 Å². The Morgan fingerprint density at radius 3 is 2.00 bits per heavy atom. The van der Waals surface area contributed by atoms with Gasteiger partial charge < -0.3 is 14.8 Å². The second-order valence-corrected chi connectivity index (χ2v) is 6.19. The Morgan fingerprint density at radius 1 is 0.704 bits per heavy atom. The fraction of sp³-hybridized carbons (Fsp3) is 0.217. The summed E-state index contributed by atoms with van der Waals surface area (Å²) in [6.45, 7) is 2.40. The van der Waals surface area contributed by atoms with Crippen molar-refractivity contribution >= 4 is 12.4 Å². The molecule has 1 N–H and O–H groups in total. The van der Waals surface area contributed by atoms with Crippen LogP contribution in [-0.2, 0) is 19.6 Å². The van der Waals surface area contributed by atoms with E-state index in [0.717, 1.165) is 31.0 Å². The quantitative estimate of drug-likeness (QED) is 0.526. The highest BCUT2D eigenvalue weighted by molar-refractivity contribution is 5.85. The van der Waals surface area contributed by atoms with Gasteiger partial charge in [0.25, 0.3) is 0 Å². The zero-order valence-corrected chi connectivity index (χ0v) is 16.4. The molecule has 0 unspecified atom stereocenters. The van der Waals surface area contributed by atoms with Crippen molar-refractivity contribution in [3.8, 4) is 11.5 Å². The van der Waals surface area contributed by atoms with E-state index in [1.165, 1.54) is 16.7 Å². The highest BCUT2D eigenvalue weighted by Gasteiger charge is 1.98. The fourth-order valence-corrected chi connectivity index (χ4v) is 2.70. The minimum Gasteiger partial charge on any atom is -0.497 e. The maximum atomic E-state index is 5.82. The molecule has 0 radical (unpaired) electrons. The van der Waals surface area contributed by atoms with Gasteiger partial charge >= 0.3 is 0 Å². The standard InChI is InChI=1S/C23H25NO2.ClH/c1-25-22-11-7-19(8-12-22)15-16-24-17-20-9-13-23(14-10-20)26-18-21-5-3-2-4-6-21;/h2-14,24H,15-18H2,1H3;1H. The van der Waals surface area contributed by atoms with E-state index in [-0.39, 0.29) is 12.4 Å². The summed E-state index contributed by atoms with van der Waals surface area (Å²) >= 11 is 0. The monoisotopic (exact) mass is 383 g/mol. The Kier molecular flexibility index (Phi) is 8.69. The van der Waals surface area contributed by atoms with Crippen LogP contribution in [0, 0.1) is 0 Å². The molecule has 0 bridgehead atoms. The predicted molar refractivity (Wildman–Crippen MR) is 113 cm³/mol. The SMILES string of the molecule is COc1ccc(CCNCc2ccc(OCc3ccccc3)cc2)cc1.Cl. The van der Waals surface area contributed by atoms with Crippen LogP contribution < -0.4 is 14.8 Å². The molecule has 0 aliphatic carbocycles. The molecule has 0 fully saturated rings. The van der Waals surface area contributed by atoms with Crippen molar-refractivity contribution in [2.24, 2.45) is 0 Å². The van der Waals surface area contributed by atoms with Crippen LogP contribution in [0.15, 0.2) is 78.9 Å². The molecule has 0 aromatic heterocycles. The summed E-state index contributed by atoms with van der Waals surface area (Å²) in [7, 11) is 1.69. The first-order chi connectivity index (χ1) is 12.8. The van der Waals surface area contributed by atoms with Crippen molar-refractivity contribution in [3.05, 3.63) is 95.6 Å². The van der Waals surface area contributed by atoms with Crippen molar-refractivity contribution in [3.63, 3.8) is 0 Å². The van der Waals surface area contributed by atoms with Gasteiger partial charge in [-0.15, -0.1) is 12.4 Å². The van der Waals surface area contributed by atoms with Gasteiger partial charge in [-0.05, 0) is 53.9 Å². The highest BCUT2D eigenvalue weighted by atomic mass is 35.5. The average molecular weight is 384 g/mol. The molecule has 4 heteroatoms. The molecule has 0 saturated heterocycles. The zero-order chi connectivity index (χ0) is 18.0. The zero-order valence-electron chi connectivity index (χ0n) is 15.6. The first kappa shape index (κ1) is 20.8. The Balaban J connectivity index is 0.00000261. The average Bonchev–Trinajstić information content (AvgIpc) is 2.72. The lowest BCUT2D eigenvalue weighted by molar-refractivity contribution is 0.306. The van der Waals surface area contributed by atoms with E-state index in [1.807, 2.05) is 42.5 Å². The lowest BCUT2D eigenvalue weighted by atomic mass is 10.1. The molecule has 0 amide bonds. The molecule has 3 aromatic rings. The van der Waals surface area contributed by atoms with Crippen LogP contribution in [0.5, 0.6) is 11.5 Å². The van der Waals surface area contributed by atoms with Gasteiger partial charge in [0.05, 0.1) is 7.11 Å². The maximum absolute atomic E-state index is 5.82. The van der Waals surface area contributed by atoms with Crippen LogP contribution in [0.4, 0.5) is 0 Å². The molecule has 0 heterocycles. The number of methoxy groups -OCH3 is 1. The van der Waals surface area contributed by atoms with E-state index >= 15 is 0 Å². The normalized spacial score (nSPS) is 10.1. The van der Waals surface area contributed by atoms with E-state index in [0.29, 0.717) is 6.61 Å². The first-order valence-electron chi connectivity index (χ1n) is 8.93. The Morgan fingerprint density at radius 2 is 1.33 bits per heavy atom. The van der Waals surface area contributed by atoms with Crippen molar-refractivity contribution in [1.82, 2.24) is 5.32 Å². The van der Waals surface area contributed by atoms with Crippen LogP contribution in [0.1, 0.15) is 16.7 Å². The third-order valence-corrected chi connectivity index (χ3v) is 4.25. The number of hydrogen-bond acceptors (Lipinski definition) is 3. The van der Waals surface area contributed by atoms with Gasteiger partial charge in [-0.1, -0.05) is 54.6 Å². The third kappa shape index (κ3) is 6.97. The number of benzene rings is 3. The second kappa shape index (κ2) is 11.3. The summed E-state index contributed by atoms with van der Waals surface area (Å²) in [5.41, 5.74) is 3.74. The summed E-state index contributed by atoms with van der Waals surface area (Å²) < 4.78 is 11.0. The van der Waals surface area contributed by atoms with Crippen molar-refractivity contribution in [2.45, 2.75) is 19.6 Å². The van der Waals surface area contributed by atoms with Gasteiger partial charge in [0.15, 0.2) is 0 Å². The third-order valence-electron chi connectivity index (χ3n) is 4.25. The van der Waals surface area contributed by atoms with Gasteiger partial charge in [-0.25, -0.2) is 0 Å². The largest absolute Gasteiger partial charge is 0.497 e. The van der Waals surface area contributed by atoms with Crippen molar-refractivity contribution < 1.29 is 9.47 Å². The van der Waals surface area contributed by atoms with Crippen LogP contribution in [-0.4, -0.2) is 13.7 Å². The Hall–Kier alpha value is -2.49. The van der Waals surface area contributed by atoms with Crippen molar-refractivity contribution in [2.75, 3.05) is 13.7 Å². The molecule has 27 heavy (non-hydrogen) atoms. The molecule has 0 aliphatic heterocycles. The van der Waals surface area contributed by atoms with Gasteiger partial charge in [0.2, 0.25) is 0 Å². The number of hydrogen-bond donors (Lipinski definition) is 1. The molecule has 3 nitrogen and oxygen atoms in total. The minimum absolute atomic E-state index is 0. The van der Waals surface area contributed by atoms with Gasteiger partial charge in [-0.2, -0.15) is 0 Å². The van der Waals surface area contributed by atoms with Crippen molar-refractivity contribution in [1.29, 1.82) is 0 Å². The summed E-state index contributed by atoms with van der Waals surface area (Å²) in [6, 6.07) is 26.7. The highest BCUT2D eigenvalue weighted by Crippen LogP contribution is 2.14. The number of halogens is 1. The number of ether oxygens (including phenoxy) is 2. The lowest BCUT2D eigenvalue weighted by Crippen LogP contribution is -2.16. The van der Waals surface area contributed by atoms with Crippen LogP contribution in [0.2, 0.25) is 0 Å². The Labute approximate surface area is 167 Å². The van der Waals surface area contributed by atoms with E-state index in [1.54, 1.807) is 7.11 Å². The lowest BCUT2D eigenvalue weighted by Gasteiger charge is -2.09. The van der Waals surface area contributed by atoms with Crippen LogP contribution in [0.25, 0.3) is 0 Å². The van der Waals surface area contributed by atoms with E-state index in [4.69, 9.17) is 9.47 Å². The van der Waals surface area contributed by atoms with Crippen LogP contribution in [0.3, 0.4) is 0 Å². The smallest absolute Gasteiger partial charge is 0.119 e. The fourth-order valence-electron chi connectivity index (χ4n) is 2.70. The molecule has 3 rings (SSSR count). The predicted octanol–water partition coefficient (Wildman–Crippen LogP) is 5.03. The molecule has 0 spiro atoms. The minimum atomic E-state index is 0. The topological polar surface area (TPSA) is 30.5 Å². The van der Waals surface area contributed by atoms with Gasteiger partial charge in [0.1, 0.15) is 18.1 Å². The van der Waals surface area contributed by atoms with E-state index in [2.05, 4.69) is 41.7 Å². The summed E-state index contributed by atoms with van der Waals surface area (Å²) in [6.07, 6.45) is 1.00. The van der Waals surface area contributed by atoms with E-state index in [9.17, 15) is 0 Å². The van der Waals surface area contributed by atoms with Crippen LogP contribution >= 0.6 is 12.4 Å². The molecule has 3 aromatic carbocycles. The molecular weight excluding hydrogens is 358 g/mol. The maximum Gasteiger partial charge on any atom is 0.119 e. The first-order valence-corrected chi connectivity index (χ1v) is 8.93. The Bertz CT molecular complexity index is 774. The molecule has 0 atom stereocenters. The summed E-state index contributed by atoms with van der Waals surface area (Å²) in [5, 5.41) is 3.48. The number of rotatable bonds is 9. The molecule has 0 aliphatic rings. The summed E-state index contributed by atoms with van der Waals surface area (Å²) in [4.78, 5) is 0. The van der Waals surface area contributed by atoms with E-state index < -0.39 is 0 Å². The second-order valence-electron chi connectivity index (χ2n) is 6.19. The number of nitrogens with one attached hydrogen (secondary N) is 1. The molecule has 0 saturated carbocycles. The summed E-state index contributed by atoms with van der Waals surface area (Å²) in [5.74, 6) is 1.80. The molecule has 142 valence electrons. The molecular formula is C23H26ClNO2. The van der Waals surface area contributed by atoms with Gasteiger partial charge in [0, 0.05) is 6.54 Å².